The van der Waals surface area contributed by atoms with Crippen molar-refractivity contribution in [2.24, 2.45) is 0 Å². The van der Waals surface area contributed by atoms with Crippen molar-refractivity contribution in [3.63, 3.8) is 0 Å². The van der Waals surface area contributed by atoms with Gasteiger partial charge < -0.3 is 9.80 Å². The van der Waals surface area contributed by atoms with Crippen LogP contribution in [0.2, 0.25) is 0 Å². The molecule has 0 amide bonds. The van der Waals surface area contributed by atoms with Gasteiger partial charge in [0, 0.05) is 53.8 Å². The summed E-state index contributed by atoms with van der Waals surface area (Å²) in [5.41, 5.74) is 17.7. The quantitative estimate of drug-likeness (QED) is 0.0995. The Balaban J connectivity index is 1.02. The number of nitrogens with zero attached hydrogens (tertiary/aromatic N) is 2. The first-order valence-electron chi connectivity index (χ1n) is 26.1. The minimum Gasteiger partial charge on any atom is -0.309 e. The molecule has 362 valence electrons. The van der Waals surface area contributed by atoms with Crippen LogP contribution in [0.4, 0.5) is 34.1 Å². The van der Waals surface area contributed by atoms with Crippen LogP contribution in [-0.2, 0) is 5.41 Å². The Morgan fingerprint density at radius 2 is 1.03 bits per heavy atom. The molecule has 0 radical (unpaired) electrons. The molecule has 0 fully saturated rings. The van der Waals surface area contributed by atoms with Crippen molar-refractivity contribution in [2.75, 3.05) is 9.80 Å². The third-order valence-corrected chi connectivity index (χ3v) is 18.1. The predicted molar refractivity (Wildman–Crippen MR) is 331 cm³/mol. The first-order chi connectivity index (χ1) is 37.4. The Morgan fingerprint density at radius 3 is 1.82 bits per heavy atom. The van der Waals surface area contributed by atoms with Gasteiger partial charge in [0.2, 0.25) is 0 Å². The molecule has 0 bridgehead atoms. The molecule has 0 saturated heterocycles. The average molecular weight is 1010 g/mol. The van der Waals surface area contributed by atoms with Gasteiger partial charge in [-0.25, -0.2) is 0 Å². The van der Waals surface area contributed by atoms with Gasteiger partial charge in [-0.05, 0) is 134 Å². The number of thiophene rings is 2. The van der Waals surface area contributed by atoms with Crippen molar-refractivity contribution in [2.45, 2.75) is 26.2 Å². The highest BCUT2D eigenvalue weighted by atomic mass is 32.1. The fourth-order valence-corrected chi connectivity index (χ4v) is 14.7. The van der Waals surface area contributed by atoms with Gasteiger partial charge >= 0.3 is 0 Å². The van der Waals surface area contributed by atoms with Crippen molar-refractivity contribution >= 4 is 115 Å². The van der Waals surface area contributed by atoms with E-state index in [1.165, 1.54) is 118 Å². The molecule has 76 heavy (non-hydrogen) atoms. The molecule has 14 rings (SSSR count). The zero-order valence-corrected chi connectivity index (χ0v) is 44.2. The van der Waals surface area contributed by atoms with E-state index < -0.39 is 0 Å². The predicted octanol–water partition coefficient (Wildman–Crippen LogP) is 21.7. The van der Waals surface area contributed by atoms with Crippen molar-refractivity contribution in [3.05, 3.63) is 271 Å². The molecule has 11 aromatic carbocycles. The molecule has 2 aromatic heterocycles. The van der Waals surface area contributed by atoms with Crippen LogP contribution in [0.3, 0.4) is 0 Å². The third-order valence-electron chi connectivity index (χ3n) is 15.8. The topological polar surface area (TPSA) is 6.48 Å². The Labute approximate surface area is 452 Å². The molecule has 0 spiro atoms. The molecule has 2 heterocycles. The molecule has 0 atom stereocenters. The molecule has 2 nitrogen and oxygen atoms in total. The number of anilines is 6. The average Bonchev–Trinajstić information content (AvgIpc) is 4.07. The molecule has 0 saturated carbocycles. The summed E-state index contributed by atoms with van der Waals surface area (Å²) in [6, 6.07) is 85.7. The molecule has 1 aliphatic carbocycles. The highest BCUT2D eigenvalue weighted by Crippen LogP contribution is 2.57. The van der Waals surface area contributed by atoms with Crippen LogP contribution in [0, 0.1) is 6.92 Å². The summed E-state index contributed by atoms with van der Waals surface area (Å²) in [4.78, 5) is 6.27. The summed E-state index contributed by atoms with van der Waals surface area (Å²) >= 11 is 3.74. The van der Waals surface area contributed by atoms with Crippen LogP contribution in [0.15, 0.2) is 249 Å². The van der Waals surface area contributed by atoms with Gasteiger partial charge in [-0.2, -0.15) is 0 Å². The lowest BCUT2D eigenvalue weighted by Crippen LogP contribution is -2.24. The highest BCUT2D eigenvalue weighted by molar-refractivity contribution is 7.26. The second-order valence-corrected chi connectivity index (χ2v) is 22.7. The minimum absolute atomic E-state index is 0.356. The fourth-order valence-electron chi connectivity index (χ4n) is 12.3. The van der Waals surface area contributed by atoms with Crippen molar-refractivity contribution < 1.29 is 0 Å². The van der Waals surface area contributed by atoms with E-state index in [1.807, 2.05) is 34.8 Å². The van der Waals surface area contributed by atoms with Crippen LogP contribution in [-0.4, -0.2) is 0 Å². The highest BCUT2D eigenvalue weighted by Gasteiger charge is 2.37. The Hall–Kier alpha value is -8.80. The second-order valence-electron chi connectivity index (χ2n) is 20.4. The van der Waals surface area contributed by atoms with Gasteiger partial charge in [0.1, 0.15) is 0 Å². The first-order valence-corrected chi connectivity index (χ1v) is 27.7. The van der Waals surface area contributed by atoms with E-state index >= 15 is 0 Å². The van der Waals surface area contributed by atoms with Crippen molar-refractivity contribution in [3.8, 4) is 33.4 Å². The number of allylic oxidation sites excluding steroid dienone is 2. The van der Waals surface area contributed by atoms with E-state index in [2.05, 4.69) is 274 Å². The number of fused-ring (bicyclic) bond motifs is 8. The summed E-state index contributed by atoms with van der Waals surface area (Å²) < 4.78 is 3.82. The van der Waals surface area contributed by atoms with E-state index in [0.717, 1.165) is 22.7 Å². The van der Waals surface area contributed by atoms with E-state index in [1.54, 1.807) is 0 Å². The molecule has 1 aliphatic rings. The van der Waals surface area contributed by atoms with E-state index in [4.69, 9.17) is 0 Å². The Morgan fingerprint density at radius 1 is 0.421 bits per heavy atom. The van der Waals surface area contributed by atoms with Crippen LogP contribution in [0.5, 0.6) is 0 Å². The monoisotopic (exact) mass is 1010 g/mol. The third kappa shape index (κ3) is 7.20. The molecule has 0 unspecified atom stereocenters. The zero-order chi connectivity index (χ0) is 51.1. The summed E-state index contributed by atoms with van der Waals surface area (Å²) in [6.45, 7) is 11.1. The summed E-state index contributed by atoms with van der Waals surface area (Å²) in [5.74, 6) is 0. The molecule has 0 N–H and O–H groups in total. The Kier molecular flexibility index (Phi) is 11.0. The largest absolute Gasteiger partial charge is 0.309 e. The molecular formula is C72H52N2S2. The van der Waals surface area contributed by atoms with E-state index in [0.29, 0.717) is 0 Å². The van der Waals surface area contributed by atoms with Gasteiger partial charge in [0.15, 0.2) is 0 Å². The summed E-state index contributed by atoms with van der Waals surface area (Å²) in [5, 5.41) is 8.85. The molecule has 4 heteroatoms. The van der Waals surface area contributed by atoms with Gasteiger partial charge in [-0.15, -0.1) is 22.7 Å². The second kappa shape index (κ2) is 18.2. The number of hydrogen-bond donors (Lipinski definition) is 0. The van der Waals surface area contributed by atoms with Crippen molar-refractivity contribution in [1.82, 2.24) is 0 Å². The number of para-hydroxylation sites is 2. The SMILES string of the molecule is C=C/C=C\c1c(C)sc2c(N(c3ccccc3)c3ccc4c(c3)C(C)(C)c3cccc5c3c-4c(-c3ccccc3)c3ccc(N(c4ccccc4-c4ccccc4)c4cccc6c4sc4ccccc46)cc35)cccc12. The van der Waals surface area contributed by atoms with Gasteiger partial charge in [0.25, 0.3) is 0 Å². The molecule has 13 aromatic rings. The zero-order valence-electron chi connectivity index (χ0n) is 42.6. The van der Waals surface area contributed by atoms with Crippen LogP contribution < -0.4 is 9.80 Å². The maximum absolute atomic E-state index is 3.97. The molecular weight excluding hydrogens is 957 g/mol. The van der Waals surface area contributed by atoms with E-state index in [9.17, 15) is 0 Å². The number of benzene rings is 11. The summed E-state index contributed by atoms with van der Waals surface area (Å²) in [6.07, 6.45) is 6.09. The van der Waals surface area contributed by atoms with Gasteiger partial charge in [-0.3, -0.25) is 0 Å². The number of rotatable bonds is 10. The summed E-state index contributed by atoms with van der Waals surface area (Å²) in [7, 11) is 0. The van der Waals surface area contributed by atoms with Crippen molar-refractivity contribution in [1.29, 1.82) is 0 Å². The standard InChI is InChI=1S/C72H52N2S2/c1-5-6-29-52-46(2)75-70-57(52)33-21-37-64(70)73(49-27-14-9-15-28-49)51-41-43-59-62(45-51)72(3,4)61-35-20-32-55-60-44-50(40-42-56(60)67(69(59)68(55)61)48-25-12-8-13-26-48)74(63-36-18-16-30-53(63)47-23-10-7-11-24-47)65-38-22-34-58-54-31-17-19-39-66(54)76-71(58)65/h5-45H,1H2,2-4H3/b29-6-. The maximum atomic E-state index is 3.97. The van der Waals surface area contributed by atoms with Crippen LogP contribution in [0.25, 0.3) is 91.3 Å². The lowest BCUT2D eigenvalue weighted by atomic mass is 9.66. The van der Waals surface area contributed by atoms with Gasteiger partial charge in [0.05, 0.1) is 26.5 Å². The molecule has 0 aliphatic heterocycles. The first kappa shape index (κ1) is 45.8. The van der Waals surface area contributed by atoms with E-state index in [-0.39, 0.29) is 5.41 Å². The van der Waals surface area contributed by atoms with Crippen LogP contribution >= 0.6 is 22.7 Å². The normalized spacial score (nSPS) is 12.8. The van der Waals surface area contributed by atoms with Gasteiger partial charge in [-0.1, -0.05) is 209 Å². The Bertz CT molecular complexity index is 4470. The fraction of sp³-hybridized carbons (Fsp3) is 0.0556. The smallest absolute Gasteiger partial charge is 0.0640 e. The lowest BCUT2D eigenvalue weighted by molar-refractivity contribution is 0.645. The number of aryl methyl sites for hydroxylation is 1. The minimum atomic E-state index is -0.356. The lowest BCUT2D eigenvalue weighted by Gasteiger charge is -2.38. The maximum Gasteiger partial charge on any atom is 0.0640 e. The number of hydrogen-bond acceptors (Lipinski definition) is 4. The van der Waals surface area contributed by atoms with Crippen LogP contribution in [0.1, 0.15) is 35.4 Å².